The highest BCUT2D eigenvalue weighted by atomic mass is 16.2. The predicted octanol–water partition coefficient (Wildman–Crippen LogP) is -0.682. The highest BCUT2D eigenvalue weighted by molar-refractivity contribution is 5.85. The van der Waals surface area contributed by atoms with Crippen LogP contribution in [0.5, 0.6) is 0 Å². The van der Waals surface area contributed by atoms with E-state index in [1.807, 2.05) is 0 Å². The van der Waals surface area contributed by atoms with Crippen molar-refractivity contribution in [3.05, 3.63) is 0 Å². The average molecular weight is 213 g/mol. The van der Waals surface area contributed by atoms with E-state index in [1.165, 1.54) is 4.90 Å². The maximum Gasteiger partial charge on any atom is 0.239 e. The Morgan fingerprint density at radius 3 is 2.60 bits per heavy atom. The number of nitrogens with two attached hydrogens (primary N) is 1. The molecule has 0 saturated heterocycles. The minimum atomic E-state index is -0.145. The first-order valence-electron chi connectivity index (χ1n) is 5.25. The average Bonchev–Trinajstić information content (AvgIpc) is 2.63. The molecule has 0 aromatic rings. The second-order valence-electron chi connectivity index (χ2n) is 4.14. The van der Waals surface area contributed by atoms with Crippen molar-refractivity contribution in [3.63, 3.8) is 0 Å². The molecule has 0 bridgehead atoms. The summed E-state index contributed by atoms with van der Waals surface area (Å²) in [6.07, 6.45) is 2.50. The highest BCUT2D eigenvalue weighted by Gasteiger charge is 2.30. The Balaban J connectivity index is 2.42. The molecule has 1 aliphatic rings. The van der Waals surface area contributed by atoms with Crippen molar-refractivity contribution in [2.45, 2.75) is 25.3 Å². The Hall–Kier alpha value is -1.10. The minimum Gasteiger partial charge on any atom is -0.358 e. The lowest BCUT2D eigenvalue weighted by Gasteiger charge is -2.20. The second-order valence-corrected chi connectivity index (χ2v) is 4.14. The van der Waals surface area contributed by atoms with E-state index in [1.54, 1.807) is 14.1 Å². The van der Waals surface area contributed by atoms with Crippen LogP contribution in [0.3, 0.4) is 0 Å². The molecule has 2 unspecified atom stereocenters. The molecule has 3 N–H and O–H groups in total. The summed E-state index contributed by atoms with van der Waals surface area (Å²) in [6, 6.07) is 0.146. The van der Waals surface area contributed by atoms with Crippen LogP contribution in [0, 0.1) is 5.92 Å². The smallest absolute Gasteiger partial charge is 0.239 e. The maximum atomic E-state index is 11.8. The van der Waals surface area contributed by atoms with Gasteiger partial charge in [0.15, 0.2) is 0 Å². The molecule has 86 valence electrons. The summed E-state index contributed by atoms with van der Waals surface area (Å²) in [5.41, 5.74) is 5.74. The summed E-state index contributed by atoms with van der Waals surface area (Å²) in [4.78, 5) is 24.4. The molecule has 0 aliphatic heterocycles. The monoisotopic (exact) mass is 213 g/mol. The van der Waals surface area contributed by atoms with Crippen LogP contribution in [0.15, 0.2) is 0 Å². The van der Waals surface area contributed by atoms with Crippen molar-refractivity contribution >= 4 is 11.8 Å². The fourth-order valence-electron chi connectivity index (χ4n) is 1.92. The van der Waals surface area contributed by atoms with E-state index in [2.05, 4.69) is 5.32 Å². The standard InChI is InChI=1S/C10H19N3O2/c1-12-9(14)6-13(2)10(15)7-3-4-8(11)5-7/h7-8H,3-6,11H2,1-2H3,(H,12,14). The summed E-state index contributed by atoms with van der Waals surface area (Å²) >= 11 is 0. The molecule has 0 aromatic heterocycles. The topological polar surface area (TPSA) is 75.4 Å². The van der Waals surface area contributed by atoms with E-state index in [4.69, 9.17) is 5.73 Å². The zero-order valence-corrected chi connectivity index (χ0v) is 9.32. The van der Waals surface area contributed by atoms with Crippen molar-refractivity contribution < 1.29 is 9.59 Å². The molecule has 1 rings (SSSR count). The van der Waals surface area contributed by atoms with Gasteiger partial charge in [0.05, 0.1) is 6.54 Å². The lowest BCUT2D eigenvalue weighted by Crippen LogP contribution is -2.39. The Bertz CT molecular complexity index is 255. The van der Waals surface area contributed by atoms with Gasteiger partial charge in [0.1, 0.15) is 0 Å². The van der Waals surface area contributed by atoms with Crippen molar-refractivity contribution in [2.24, 2.45) is 11.7 Å². The van der Waals surface area contributed by atoms with E-state index in [0.29, 0.717) is 0 Å². The first-order chi connectivity index (χ1) is 7.04. The predicted molar refractivity (Wildman–Crippen MR) is 57.0 cm³/mol. The Morgan fingerprint density at radius 2 is 2.13 bits per heavy atom. The Morgan fingerprint density at radius 1 is 1.47 bits per heavy atom. The lowest BCUT2D eigenvalue weighted by molar-refractivity contribution is -0.137. The van der Waals surface area contributed by atoms with Gasteiger partial charge in [-0.2, -0.15) is 0 Å². The molecule has 0 heterocycles. The molecule has 15 heavy (non-hydrogen) atoms. The van der Waals surface area contributed by atoms with E-state index >= 15 is 0 Å². The zero-order chi connectivity index (χ0) is 11.4. The number of rotatable bonds is 3. The van der Waals surface area contributed by atoms with Gasteiger partial charge in [-0.1, -0.05) is 0 Å². The van der Waals surface area contributed by atoms with Crippen molar-refractivity contribution in [1.82, 2.24) is 10.2 Å². The van der Waals surface area contributed by atoms with E-state index in [9.17, 15) is 9.59 Å². The Labute approximate surface area is 90.0 Å². The first kappa shape index (κ1) is 12.0. The number of carbonyl (C=O) groups excluding carboxylic acids is 2. The van der Waals surface area contributed by atoms with Gasteiger partial charge in [0.2, 0.25) is 11.8 Å². The molecule has 5 heteroatoms. The molecule has 0 spiro atoms. The van der Waals surface area contributed by atoms with Gasteiger partial charge in [-0.3, -0.25) is 9.59 Å². The summed E-state index contributed by atoms with van der Waals surface area (Å²) in [6.45, 7) is 0.126. The van der Waals surface area contributed by atoms with Gasteiger partial charge >= 0.3 is 0 Å². The normalized spacial score (nSPS) is 25.0. The van der Waals surface area contributed by atoms with Gasteiger partial charge < -0.3 is 16.0 Å². The number of hydrogen-bond donors (Lipinski definition) is 2. The van der Waals surface area contributed by atoms with Crippen LogP contribution in [0.2, 0.25) is 0 Å². The Kier molecular flexibility index (Phi) is 4.08. The molecule has 1 aliphatic carbocycles. The van der Waals surface area contributed by atoms with E-state index < -0.39 is 0 Å². The second kappa shape index (κ2) is 5.11. The lowest BCUT2D eigenvalue weighted by atomic mass is 10.1. The number of nitrogens with zero attached hydrogens (tertiary/aromatic N) is 1. The van der Waals surface area contributed by atoms with Gasteiger partial charge in [0.25, 0.3) is 0 Å². The first-order valence-corrected chi connectivity index (χ1v) is 5.25. The number of amides is 2. The van der Waals surface area contributed by atoms with Gasteiger partial charge in [-0.15, -0.1) is 0 Å². The number of nitrogens with one attached hydrogen (secondary N) is 1. The quantitative estimate of drug-likeness (QED) is 0.652. The maximum absolute atomic E-state index is 11.8. The van der Waals surface area contributed by atoms with Crippen LogP contribution in [0.1, 0.15) is 19.3 Å². The number of hydrogen-bond acceptors (Lipinski definition) is 3. The molecule has 1 saturated carbocycles. The molecule has 0 aromatic carbocycles. The van der Waals surface area contributed by atoms with Gasteiger partial charge in [-0.25, -0.2) is 0 Å². The van der Waals surface area contributed by atoms with Crippen LogP contribution >= 0.6 is 0 Å². The van der Waals surface area contributed by atoms with Crippen LogP contribution in [0.4, 0.5) is 0 Å². The largest absolute Gasteiger partial charge is 0.358 e. The highest BCUT2D eigenvalue weighted by Crippen LogP contribution is 2.25. The molecular formula is C10H19N3O2. The molecule has 2 atom stereocenters. The fraction of sp³-hybridized carbons (Fsp3) is 0.800. The van der Waals surface area contributed by atoms with Gasteiger partial charge in [0, 0.05) is 26.1 Å². The molecule has 0 radical (unpaired) electrons. The summed E-state index contributed by atoms with van der Waals surface area (Å²) in [7, 11) is 3.22. The third-order valence-corrected chi connectivity index (χ3v) is 2.86. The van der Waals surface area contributed by atoms with Crippen LogP contribution < -0.4 is 11.1 Å². The third kappa shape index (κ3) is 3.20. The van der Waals surface area contributed by atoms with Crippen LogP contribution in [-0.4, -0.2) is 43.4 Å². The van der Waals surface area contributed by atoms with Crippen LogP contribution in [0.25, 0.3) is 0 Å². The third-order valence-electron chi connectivity index (χ3n) is 2.86. The molecule has 5 nitrogen and oxygen atoms in total. The van der Waals surface area contributed by atoms with Crippen molar-refractivity contribution in [2.75, 3.05) is 20.6 Å². The number of likely N-dealkylation sites (N-methyl/N-ethyl adjacent to an activating group) is 2. The summed E-state index contributed by atoms with van der Waals surface area (Å²) < 4.78 is 0. The summed E-state index contributed by atoms with van der Waals surface area (Å²) in [5, 5.41) is 2.49. The molecule has 2 amide bonds. The fourth-order valence-corrected chi connectivity index (χ4v) is 1.92. The van der Waals surface area contributed by atoms with E-state index in [0.717, 1.165) is 19.3 Å². The van der Waals surface area contributed by atoms with E-state index in [-0.39, 0.29) is 30.3 Å². The van der Waals surface area contributed by atoms with Gasteiger partial charge in [-0.05, 0) is 19.3 Å². The van der Waals surface area contributed by atoms with Crippen molar-refractivity contribution in [3.8, 4) is 0 Å². The molecule has 1 fully saturated rings. The van der Waals surface area contributed by atoms with Crippen molar-refractivity contribution in [1.29, 1.82) is 0 Å². The van der Waals surface area contributed by atoms with Crippen LogP contribution in [-0.2, 0) is 9.59 Å². The SMILES string of the molecule is CNC(=O)CN(C)C(=O)C1CCC(N)C1. The summed E-state index contributed by atoms with van der Waals surface area (Å²) in [5.74, 6) is -0.102. The number of carbonyl (C=O) groups is 2. The minimum absolute atomic E-state index is 0.00894. The zero-order valence-electron chi connectivity index (χ0n) is 9.32. The molecular weight excluding hydrogens is 194 g/mol.